The van der Waals surface area contributed by atoms with Crippen LogP contribution in [0, 0.1) is 11.8 Å². The molecular weight excluding hydrogens is 152 g/mol. The van der Waals surface area contributed by atoms with Crippen LogP contribution in [-0.4, -0.2) is 11.6 Å². The molecule has 2 atom stereocenters. The minimum Gasteiger partial charge on any atom is -0.299 e. The first-order chi connectivity index (χ1) is 5.63. The van der Waals surface area contributed by atoms with Gasteiger partial charge in [-0.1, -0.05) is 19.1 Å². The first-order valence-electron chi connectivity index (χ1n) is 4.32. The SMILES string of the molecule is CC(=O)[C@H]1C(=O)CCC=C[C@@H]1C. The van der Waals surface area contributed by atoms with Gasteiger partial charge < -0.3 is 0 Å². The standard InChI is InChI=1S/C10H14O2/c1-7-5-3-4-6-9(12)10(7)8(2)11/h3,5,7,10H,4,6H2,1-2H3/t7-,10-/m0/s1. The van der Waals surface area contributed by atoms with Crippen molar-refractivity contribution in [1.29, 1.82) is 0 Å². The van der Waals surface area contributed by atoms with Crippen LogP contribution >= 0.6 is 0 Å². The molecule has 66 valence electrons. The molecule has 0 aromatic carbocycles. The zero-order valence-corrected chi connectivity index (χ0v) is 7.54. The number of rotatable bonds is 1. The lowest BCUT2D eigenvalue weighted by molar-refractivity contribution is -0.132. The molecule has 0 N–H and O–H groups in total. The molecule has 0 aromatic rings. The van der Waals surface area contributed by atoms with Crippen LogP contribution in [0.15, 0.2) is 12.2 Å². The van der Waals surface area contributed by atoms with Crippen LogP contribution in [0.5, 0.6) is 0 Å². The molecule has 0 saturated carbocycles. The smallest absolute Gasteiger partial charge is 0.144 e. The Kier molecular flexibility index (Phi) is 2.79. The van der Waals surface area contributed by atoms with Gasteiger partial charge in [0.2, 0.25) is 0 Å². The molecule has 0 aromatic heterocycles. The molecule has 2 nitrogen and oxygen atoms in total. The highest BCUT2D eigenvalue weighted by atomic mass is 16.1. The summed E-state index contributed by atoms with van der Waals surface area (Å²) in [4.78, 5) is 22.5. The Morgan fingerprint density at radius 2 is 2.25 bits per heavy atom. The summed E-state index contributed by atoms with van der Waals surface area (Å²) in [5.74, 6) is -0.208. The number of Topliss-reactive ketones (excluding diaryl/α,β-unsaturated/α-hetero) is 2. The van der Waals surface area contributed by atoms with Crippen molar-refractivity contribution in [3.05, 3.63) is 12.2 Å². The molecule has 0 saturated heterocycles. The molecule has 1 rings (SSSR count). The van der Waals surface area contributed by atoms with E-state index in [1.165, 1.54) is 6.92 Å². The van der Waals surface area contributed by atoms with Crippen molar-refractivity contribution < 1.29 is 9.59 Å². The third kappa shape index (κ3) is 1.81. The number of carbonyl (C=O) groups is 2. The van der Waals surface area contributed by atoms with Crippen LogP contribution in [0.25, 0.3) is 0 Å². The Morgan fingerprint density at radius 3 is 2.83 bits per heavy atom. The molecule has 1 aliphatic carbocycles. The quantitative estimate of drug-likeness (QED) is 0.439. The highest BCUT2D eigenvalue weighted by Crippen LogP contribution is 2.21. The molecule has 12 heavy (non-hydrogen) atoms. The van der Waals surface area contributed by atoms with Gasteiger partial charge in [0.25, 0.3) is 0 Å². The normalized spacial score (nSPS) is 30.0. The zero-order chi connectivity index (χ0) is 9.14. The maximum absolute atomic E-state index is 11.4. The number of hydrogen-bond acceptors (Lipinski definition) is 2. The third-order valence-corrected chi connectivity index (χ3v) is 2.31. The molecule has 0 unspecified atom stereocenters. The first-order valence-corrected chi connectivity index (χ1v) is 4.32. The monoisotopic (exact) mass is 166 g/mol. The van der Waals surface area contributed by atoms with Gasteiger partial charge in [0.15, 0.2) is 0 Å². The minimum atomic E-state index is -0.385. The number of allylic oxidation sites excluding steroid dienone is 2. The van der Waals surface area contributed by atoms with Crippen molar-refractivity contribution in [3.8, 4) is 0 Å². The molecule has 0 bridgehead atoms. The summed E-state index contributed by atoms with van der Waals surface area (Å²) in [7, 11) is 0. The summed E-state index contributed by atoms with van der Waals surface area (Å²) in [5.41, 5.74) is 0. The van der Waals surface area contributed by atoms with Crippen molar-refractivity contribution in [1.82, 2.24) is 0 Å². The summed E-state index contributed by atoms with van der Waals surface area (Å²) < 4.78 is 0. The van der Waals surface area contributed by atoms with E-state index in [0.29, 0.717) is 6.42 Å². The molecule has 0 radical (unpaired) electrons. The van der Waals surface area contributed by atoms with Crippen molar-refractivity contribution in [3.63, 3.8) is 0 Å². The maximum Gasteiger partial charge on any atom is 0.144 e. The van der Waals surface area contributed by atoms with Crippen molar-refractivity contribution in [2.45, 2.75) is 26.7 Å². The second-order valence-corrected chi connectivity index (χ2v) is 3.38. The predicted molar refractivity (Wildman–Crippen MR) is 46.7 cm³/mol. The number of carbonyl (C=O) groups excluding carboxylic acids is 2. The van der Waals surface area contributed by atoms with E-state index in [0.717, 1.165) is 6.42 Å². The van der Waals surface area contributed by atoms with Gasteiger partial charge in [-0.2, -0.15) is 0 Å². The highest BCUT2D eigenvalue weighted by Gasteiger charge is 2.28. The Morgan fingerprint density at radius 1 is 1.58 bits per heavy atom. The van der Waals surface area contributed by atoms with Crippen molar-refractivity contribution >= 4 is 11.6 Å². The van der Waals surface area contributed by atoms with Crippen LogP contribution in [0.2, 0.25) is 0 Å². The average molecular weight is 166 g/mol. The lowest BCUT2D eigenvalue weighted by Gasteiger charge is -2.14. The van der Waals surface area contributed by atoms with Crippen LogP contribution in [0.3, 0.4) is 0 Å². The lowest BCUT2D eigenvalue weighted by atomic mass is 9.87. The number of ketones is 2. The van der Waals surface area contributed by atoms with Crippen molar-refractivity contribution in [2.24, 2.45) is 11.8 Å². The largest absolute Gasteiger partial charge is 0.299 e. The molecular formula is C10H14O2. The van der Waals surface area contributed by atoms with E-state index in [1.807, 2.05) is 19.1 Å². The van der Waals surface area contributed by atoms with Crippen LogP contribution in [0.1, 0.15) is 26.7 Å². The predicted octanol–water partition coefficient (Wildman–Crippen LogP) is 1.75. The first kappa shape index (κ1) is 9.17. The van der Waals surface area contributed by atoms with E-state index >= 15 is 0 Å². The molecule has 0 fully saturated rings. The molecule has 2 heteroatoms. The lowest BCUT2D eigenvalue weighted by Crippen LogP contribution is -2.26. The van der Waals surface area contributed by atoms with Gasteiger partial charge in [0.1, 0.15) is 11.6 Å². The average Bonchev–Trinajstić information content (AvgIpc) is 2.11. The summed E-state index contributed by atoms with van der Waals surface area (Å²) in [6.45, 7) is 3.42. The van der Waals surface area contributed by atoms with Crippen LogP contribution in [-0.2, 0) is 9.59 Å². The maximum atomic E-state index is 11.4. The van der Waals surface area contributed by atoms with Crippen LogP contribution < -0.4 is 0 Å². The van der Waals surface area contributed by atoms with Crippen molar-refractivity contribution in [2.75, 3.05) is 0 Å². The summed E-state index contributed by atoms with van der Waals surface area (Å²) in [5, 5.41) is 0. The van der Waals surface area contributed by atoms with Gasteiger partial charge in [-0.05, 0) is 19.3 Å². The molecule has 0 aliphatic heterocycles. The number of hydrogen-bond donors (Lipinski definition) is 0. The Labute approximate surface area is 72.7 Å². The van der Waals surface area contributed by atoms with E-state index in [4.69, 9.17) is 0 Å². The minimum absolute atomic E-state index is 0.000880. The fraction of sp³-hybridized carbons (Fsp3) is 0.600. The fourth-order valence-corrected chi connectivity index (χ4v) is 1.69. The van der Waals surface area contributed by atoms with E-state index in [2.05, 4.69) is 0 Å². The highest BCUT2D eigenvalue weighted by molar-refractivity contribution is 6.02. The Balaban J connectivity index is 2.84. The van der Waals surface area contributed by atoms with E-state index in [9.17, 15) is 9.59 Å². The summed E-state index contributed by atoms with van der Waals surface area (Å²) in [6, 6.07) is 0. The molecule has 1 aliphatic rings. The second-order valence-electron chi connectivity index (χ2n) is 3.38. The van der Waals surface area contributed by atoms with E-state index in [1.54, 1.807) is 0 Å². The molecule has 0 heterocycles. The van der Waals surface area contributed by atoms with Gasteiger partial charge >= 0.3 is 0 Å². The van der Waals surface area contributed by atoms with Gasteiger partial charge in [-0.15, -0.1) is 0 Å². The van der Waals surface area contributed by atoms with Gasteiger partial charge in [0.05, 0.1) is 5.92 Å². The van der Waals surface area contributed by atoms with E-state index in [-0.39, 0.29) is 23.4 Å². The van der Waals surface area contributed by atoms with Gasteiger partial charge in [0, 0.05) is 6.42 Å². The van der Waals surface area contributed by atoms with E-state index < -0.39 is 0 Å². The fourth-order valence-electron chi connectivity index (χ4n) is 1.69. The molecule has 0 amide bonds. The Hall–Kier alpha value is -0.920. The Bertz CT molecular complexity index is 228. The van der Waals surface area contributed by atoms with Gasteiger partial charge in [-0.3, -0.25) is 9.59 Å². The third-order valence-electron chi connectivity index (χ3n) is 2.31. The molecule has 0 spiro atoms. The second kappa shape index (κ2) is 3.65. The summed E-state index contributed by atoms with van der Waals surface area (Å²) in [6.07, 6.45) is 5.26. The summed E-state index contributed by atoms with van der Waals surface area (Å²) >= 11 is 0. The van der Waals surface area contributed by atoms with Crippen LogP contribution in [0.4, 0.5) is 0 Å². The van der Waals surface area contributed by atoms with Gasteiger partial charge in [-0.25, -0.2) is 0 Å². The zero-order valence-electron chi connectivity index (χ0n) is 7.54. The topological polar surface area (TPSA) is 34.1 Å².